The molecule has 0 bridgehead atoms. The molecular weight excluding hydrogens is 326 g/mol. The summed E-state index contributed by atoms with van der Waals surface area (Å²) in [5.74, 6) is 0.613. The minimum atomic E-state index is -0.710. The van der Waals surface area contributed by atoms with Crippen molar-refractivity contribution in [2.45, 2.75) is 6.10 Å². The third-order valence-electron chi connectivity index (χ3n) is 3.91. The zero-order chi connectivity index (χ0) is 18.0. The van der Waals surface area contributed by atoms with Gasteiger partial charge in [-0.2, -0.15) is 0 Å². The first-order valence-corrected chi connectivity index (χ1v) is 7.63. The van der Waals surface area contributed by atoms with Crippen molar-refractivity contribution < 1.29 is 19.2 Å². The number of para-hydroxylation sites is 2. The van der Waals surface area contributed by atoms with Gasteiger partial charge in [0.25, 0.3) is 5.69 Å². The van der Waals surface area contributed by atoms with E-state index >= 15 is 0 Å². The molecule has 2 aromatic carbocycles. The first-order chi connectivity index (χ1) is 12.0. The number of rotatable bonds is 5. The number of carbonyl (C=O) groups excluding carboxylic acids is 1. The van der Waals surface area contributed by atoms with E-state index in [1.54, 1.807) is 11.9 Å². The maximum Gasteiger partial charge on any atom is 0.293 e. The van der Waals surface area contributed by atoms with Gasteiger partial charge >= 0.3 is 0 Å². The van der Waals surface area contributed by atoms with Crippen LogP contribution in [0.1, 0.15) is 10.4 Å². The summed E-state index contributed by atoms with van der Waals surface area (Å²) in [6.45, 7) is 0.722. The van der Waals surface area contributed by atoms with Crippen molar-refractivity contribution in [1.29, 1.82) is 0 Å². The number of benzene rings is 2. The summed E-state index contributed by atoms with van der Waals surface area (Å²) in [5.41, 5.74) is 5.47. The van der Waals surface area contributed by atoms with Crippen molar-refractivity contribution >= 4 is 17.3 Å². The molecule has 8 heteroatoms. The molecule has 2 aromatic rings. The Labute approximate surface area is 143 Å². The molecule has 130 valence electrons. The number of nitro benzene ring substituents is 1. The molecule has 0 radical (unpaired) electrons. The Bertz CT molecular complexity index is 824. The number of nitrogens with two attached hydrogens (primary N) is 1. The first-order valence-electron chi connectivity index (χ1n) is 7.63. The van der Waals surface area contributed by atoms with Crippen molar-refractivity contribution in [3.05, 3.63) is 58.1 Å². The second kappa shape index (κ2) is 6.68. The predicted molar refractivity (Wildman–Crippen MR) is 91.2 cm³/mol. The van der Waals surface area contributed by atoms with Crippen LogP contribution in [0.25, 0.3) is 0 Å². The summed E-state index contributed by atoms with van der Waals surface area (Å²) in [4.78, 5) is 23.7. The minimum Gasteiger partial charge on any atom is -0.486 e. The fourth-order valence-corrected chi connectivity index (χ4v) is 2.70. The van der Waals surface area contributed by atoms with Crippen LogP contribution in [0.4, 0.5) is 11.4 Å². The molecule has 0 saturated heterocycles. The number of hydrogen-bond acceptors (Lipinski definition) is 6. The Hall–Kier alpha value is -3.29. The molecule has 25 heavy (non-hydrogen) atoms. The van der Waals surface area contributed by atoms with Crippen LogP contribution in [0.2, 0.25) is 0 Å². The van der Waals surface area contributed by atoms with E-state index in [1.807, 2.05) is 24.3 Å². The van der Waals surface area contributed by atoms with E-state index in [4.69, 9.17) is 15.2 Å². The van der Waals surface area contributed by atoms with E-state index < -0.39 is 10.8 Å². The number of primary amides is 1. The average molecular weight is 343 g/mol. The van der Waals surface area contributed by atoms with Gasteiger partial charge in [-0.1, -0.05) is 12.1 Å². The summed E-state index contributed by atoms with van der Waals surface area (Å²) >= 11 is 0. The van der Waals surface area contributed by atoms with Gasteiger partial charge in [0.05, 0.1) is 11.5 Å². The largest absolute Gasteiger partial charge is 0.486 e. The molecule has 1 aliphatic rings. The van der Waals surface area contributed by atoms with E-state index in [2.05, 4.69) is 0 Å². The lowest BCUT2D eigenvalue weighted by Crippen LogP contribution is -2.39. The van der Waals surface area contributed by atoms with Gasteiger partial charge in [-0.3, -0.25) is 14.9 Å². The van der Waals surface area contributed by atoms with E-state index in [1.165, 1.54) is 18.2 Å². The second-order valence-corrected chi connectivity index (χ2v) is 5.70. The van der Waals surface area contributed by atoms with Gasteiger partial charge in [0.1, 0.15) is 12.3 Å². The molecular formula is C17H17N3O5. The van der Waals surface area contributed by atoms with Crippen molar-refractivity contribution in [2.24, 2.45) is 5.73 Å². The van der Waals surface area contributed by atoms with Crippen LogP contribution < -0.4 is 20.1 Å². The third kappa shape index (κ3) is 3.47. The van der Waals surface area contributed by atoms with Gasteiger partial charge < -0.3 is 20.1 Å². The summed E-state index contributed by atoms with van der Waals surface area (Å²) in [5, 5.41) is 11.3. The van der Waals surface area contributed by atoms with Crippen LogP contribution in [0.15, 0.2) is 42.5 Å². The zero-order valence-electron chi connectivity index (χ0n) is 13.5. The molecule has 8 nitrogen and oxygen atoms in total. The maximum atomic E-state index is 11.3. The van der Waals surface area contributed by atoms with Crippen molar-refractivity contribution in [1.82, 2.24) is 0 Å². The van der Waals surface area contributed by atoms with Crippen LogP contribution >= 0.6 is 0 Å². The molecule has 0 aliphatic carbocycles. The average Bonchev–Trinajstić information content (AvgIpc) is 2.60. The highest BCUT2D eigenvalue weighted by Gasteiger charge is 2.25. The Morgan fingerprint density at radius 2 is 2.04 bits per heavy atom. The van der Waals surface area contributed by atoms with Gasteiger partial charge in [-0.15, -0.1) is 0 Å². The van der Waals surface area contributed by atoms with Gasteiger partial charge in [0.15, 0.2) is 17.6 Å². The summed E-state index contributed by atoms with van der Waals surface area (Å²) in [6, 6.07) is 11.5. The summed E-state index contributed by atoms with van der Waals surface area (Å²) in [6.07, 6.45) is -0.282. The Kier molecular flexibility index (Phi) is 4.42. The van der Waals surface area contributed by atoms with Crippen molar-refractivity contribution in [2.75, 3.05) is 25.1 Å². The fraction of sp³-hybridized carbons (Fsp3) is 0.235. The molecule has 0 spiro atoms. The Morgan fingerprint density at radius 1 is 1.32 bits per heavy atom. The van der Waals surface area contributed by atoms with Gasteiger partial charge in [0, 0.05) is 18.7 Å². The SMILES string of the molecule is CN(C[C@H]1COc2ccccc2O1)c1ccc(C(N)=O)cc1[N+](=O)[O-]. The lowest BCUT2D eigenvalue weighted by molar-refractivity contribution is -0.384. The third-order valence-corrected chi connectivity index (χ3v) is 3.91. The molecule has 1 heterocycles. The molecule has 0 fully saturated rings. The number of ether oxygens (including phenoxy) is 2. The number of nitrogens with zero attached hydrogens (tertiary/aromatic N) is 2. The zero-order valence-corrected chi connectivity index (χ0v) is 13.5. The molecule has 3 rings (SSSR count). The number of carbonyl (C=O) groups is 1. The van der Waals surface area contributed by atoms with E-state index in [9.17, 15) is 14.9 Å². The predicted octanol–water partition coefficient (Wildman–Crippen LogP) is 1.97. The summed E-state index contributed by atoms with van der Waals surface area (Å²) < 4.78 is 11.5. The number of likely N-dealkylation sites (N-methyl/N-ethyl adjacent to an activating group) is 1. The van der Waals surface area contributed by atoms with E-state index in [0.29, 0.717) is 30.3 Å². The molecule has 2 N–H and O–H groups in total. The molecule has 0 saturated carbocycles. The first kappa shape index (κ1) is 16.6. The second-order valence-electron chi connectivity index (χ2n) is 5.70. The minimum absolute atomic E-state index is 0.0926. The van der Waals surface area contributed by atoms with Crippen LogP contribution in [0.5, 0.6) is 11.5 Å². The van der Waals surface area contributed by atoms with E-state index in [-0.39, 0.29) is 17.4 Å². The van der Waals surface area contributed by atoms with Gasteiger partial charge in [-0.25, -0.2) is 0 Å². The van der Waals surface area contributed by atoms with Gasteiger partial charge in [0.2, 0.25) is 5.91 Å². The standard InChI is InChI=1S/C17H17N3O5/c1-19(9-12-10-24-15-4-2-3-5-16(15)25-12)13-7-6-11(17(18)21)8-14(13)20(22)23/h2-8,12H,9-10H2,1H3,(H2,18,21)/t12-/m0/s1. The molecule has 1 aliphatic heterocycles. The molecule has 1 amide bonds. The quantitative estimate of drug-likeness (QED) is 0.657. The van der Waals surface area contributed by atoms with E-state index in [0.717, 1.165) is 0 Å². The summed E-state index contributed by atoms with van der Waals surface area (Å²) in [7, 11) is 1.72. The number of amides is 1. The number of anilines is 1. The fourth-order valence-electron chi connectivity index (χ4n) is 2.70. The number of nitro groups is 1. The molecule has 1 atom stereocenters. The van der Waals surface area contributed by atoms with Crippen LogP contribution in [0, 0.1) is 10.1 Å². The lowest BCUT2D eigenvalue weighted by atomic mass is 10.1. The Balaban J connectivity index is 1.79. The maximum absolute atomic E-state index is 11.3. The Morgan fingerprint density at radius 3 is 2.72 bits per heavy atom. The van der Waals surface area contributed by atoms with Crippen LogP contribution in [-0.4, -0.2) is 37.1 Å². The van der Waals surface area contributed by atoms with Crippen LogP contribution in [-0.2, 0) is 0 Å². The number of fused-ring (bicyclic) bond motifs is 1. The lowest BCUT2D eigenvalue weighted by Gasteiger charge is -2.30. The molecule has 0 aromatic heterocycles. The monoisotopic (exact) mass is 343 g/mol. The highest BCUT2D eigenvalue weighted by Crippen LogP contribution is 2.32. The highest BCUT2D eigenvalue weighted by atomic mass is 16.6. The topological polar surface area (TPSA) is 108 Å². The number of hydrogen-bond donors (Lipinski definition) is 1. The van der Waals surface area contributed by atoms with Crippen LogP contribution in [0.3, 0.4) is 0 Å². The van der Waals surface area contributed by atoms with Gasteiger partial charge in [-0.05, 0) is 24.3 Å². The van der Waals surface area contributed by atoms with Crippen molar-refractivity contribution in [3.63, 3.8) is 0 Å². The molecule has 0 unspecified atom stereocenters. The smallest absolute Gasteiger partial charge is 0.293 e. The normalized spacial score (nSPS) is 15.5. The highest BCUT2D eigenvalue weighted by molar-refractivity contribution is 5.94. The van der Waals surface area contributed by atoms with Crippen molar-refractivity contribution in [3.8, 4) is 11.5 Å².